The first-order valence-electron chi connectivity index (χ1n) is 12.8. The van der Waals surface area contributed by atoms with Crippen molar-refractivity contribution in [2.24, 2.45) is 17.8 Å². The minimum atomic E-state index is 0.847. The fourth-order valence-electron chi connectivity index (χ4n) is 4.05. The Kier molecular flexibility index (Phi) is 21.2. The molecule has 166 valence electrons. The molecule has 0 bridgehead atoms. The van der Waals surface area contributed by atoms with E-state index in [-0.39, 0.29) is 0 Å². The first-order valence-corrected chi connectivity index (χ1v) is 12.8. The van der Waals surface area contributed by atoms with E-state index in [0.29, 0.717) is 0 Å². The van der Waals surface area contributed by atoms with Crippen LogP contribution in [0.4, 0.5) is 0 Å². The molecular formula is C28H54. The highest BCUT2D eigenvalue weighted by atomic mass is 14.1. The third-order valence-corrected chi connectivity index (χ3v) is 6.32. The Morgan fingerprint density at radius 3 is 1.57 bits per heavy atom. The number of allylic oxidation sites excluding steroid dienone is 2. The van der Waals surface area contributed by atoms with Gasteiger partial charge in [0.05, 0.1) is 0 Å². The maximum atomic E-state index is 3.95. The first-order chi connectivity index (χ1) is 13.6. The summed E-state index contributed by atoms with van der Waals surface area (Å²) in [6.45, 7) is 15.1. The predicted octanol–water partition coefficient (Wildman–Crippen LogP) is 10.1. The van der Waals surface area contributed by atoms with Crippen molar-refractivity contribution in [3.8, 4) is 0 Å². The van der Waals surface area contributed by atoms with Crippen LogP contribution in [-0.2, 0) is 0 Å². The maximum Gasteiger partial charge on any atom is -0.0325 e. The zero-order valence-electron chi connectivity index (χ0n) is 20.0. The summed E-state index contributed by atoms with van der Waals surface area (Å²) in [5, 5.41) is 0. The Balaban J connectivity index is 3.35. The molecule has 0 heteroatoms. The summed E-state index contributed by atoms with van der Waals surface area (Å²) in [5.74, 6) is 2.65. The third-order valence-electron chi connectivity index (χ3n) is 6.32. The van der Waals surface area contributed by atoms with Crippen LogP contribution >= 0.6 is 0 Å². The SMILES string of the molecule is [CH2]CCCC(C)CCCCCCCCCC=CCC(C)CCC(C)CCC[CH2]. The number of unbranched alkanes of at least 4 members (excludes halogenated alkanes) is 9. The first kappa shape index (κ1) is 27.7. The summed E-state index contributed by atoms with van der Waals surface area (Å²) in [5.41, 5.74) is 0. The zero-order valence-corrected chi connectivity index (χ0v) is 20.0. The molecule has 0 aliphatic rings. The van der Waals surface area contributed by atoms with Crippen molar-refractivity contribution < 1.29 is 0 Å². The molecule has 2 radical (unpaired) electrons. The lowest BCUT2D eigenvalue weighted by Crippen LogP contribution is -1.99. The highest BCUT2D eigenvalue weighted by molar-refractivity contribution is 4.83. The molecule has 28 heavy (non-hydrogen) atoms. The van der Waals surface area contributed by atoms with Gasteiger partial charge in [0.15, 0.2) is 0 Å². The minimum absolute atomic E-state index is 0.847. The van der Waals surface area contributed by atoms with Crippen LogP contribution in [0.1, 0.15) is 136 Å². The lowest BCUT2D eigenvalue weighted by molar-refractivity contribution is 0.407. The lowest BCUT2D eigenvalue weighted by atomic mass is 9.92. The summed E-state index contributed by atoms with van der Waals surface area (Å²) in [6.07, 6.45) is 29.2. The summed E-state index contributed by atoms with van der Waals surface area (Å²) in [6, 6.07) is 0. The molecule has 0 aliphatic heterocycles. The summed E-state index contributed by atoms with van der Waals surface area (Å²) in [7, 11) is 0. The Morgan fingerprint density at radius 2 is 0.964 bits per heavy atom. The Bertz CT molecular complexity index is 316. The van der Waals surface area contributed by atoms with E-state index in [4.69, 9.17) is 0 Å². The summed E-state index contributed by atoms with van der Waals surface area (Å²) >= 11 is 0. The van der Waals surface area contributed by atoms with Crippen LogP contribution in [0.3, 0.4) is 0 Å². The van der Waals surface area contributed by atoms with Crippen molar-refractivity contribution in [2.75, 3.05) is 0 Å². The van der Waals surface area contributed by atoms with Crippen molar-refractivity contribution in [2.45, 2.75) is 136 Å². The van der Waals surface area contributed by atoms with Gasteiger partial charge in [0.2, 0.25) is 0 Å². The van der Waals surface area contributed by atoms with E-state index in [1.807, 2.05) is 0 Å². The largest absolute Gasteiger partial charge is 0.0885 e. The summed E-state index contributed by atoms with van der Waals surface area (Å²) in [4.78, 5) is 0. The average Bonchev–Trinajstić information content (AvgIpc) is 2.69. The van der Waals surface area contributed by atoms with E-state index in [0.717, 1.165) is 30.6 Å². The van der Waals surface area contributed by atoms with Crippen LogP contribution in [0.25, 0.3) is 0 Å². The highest BCUT2D eigenvalue weighted by Gasteiger charge is 2.05. The van der Waals surface area contributed by atoms with Gasteiger partial charge in [-0.2, -0.15) is 0 Å². The predicted molar refractivity (Wildman–Crippen MR) is 130 cm³/mol. The van der Waals surface area contributed by atoms with Gasteiger partial charge in [0, 0.05) is 0 Å². The van der Waals surface area contributed by atoms with Gasteiger partial charge in [0.25, 0.3) is 0 Å². The van der Waals surface area contributed by atoms with Gasteiger partial charge in [-0.15, -0.1) is 0 Å². The topological polar surface area (TPSA) is 0 Å². The van der Waals surface area contributed by atoms with E-state index < -0.39 is 0 Å². The smallest absolute Gasteiger partial charge is 0.0325 e. The summed E-state index contributed by atoms with van der Waals surface area (Å²) < 4.78 is 0. The molecule has 0 rings (SSSR count). The Hall–Kier alpha value is -0.260. The van der Waals surface area contributed by atoms with Crippen molar-refractivity contribution >= 4 is 0 Å². The fraction of sp³-hybridized carbons (Fsp3) is 0.857. The molecule has 0 aromatic rings. The van der Waals surface area contributed by atoms with Crippen LogP contribution in [0.2, 0.25) is 0 Å². The molecule has 0 saturated carbocycles. The van der Waals surface area contributed by atoms with Crippen LogP contribution < -0.4 is 0 Å². The molecule has 0 saturated heterocycles. The molecule has 3 unspecified atom stereocenters. The molecule has 0 aromatic carbocycles. The second-order valence-corrected chi connectivity index (χ2v) is 9.64. The molecule has 0 aromatic heterocycles. The standard InChI is InChI=1S/C28H54/c1-6-8-20-26(3)22-18-16-14-12-10-11-13-15-17-19-23-28(5)25-24-27(4)21-9-7-2/h17,19,26-28H,1-2,6-16,18,20-25H2,3-5H3. The molecule has 0 nitrogen and oxygen atoms in total. The van der Waals surface area contributed by atoms with Gasteiger partial charge in [-0.25, -0.2) is 0 Å². The highest BCUT2D eigenvalue weighted by Crippen LogP contribution is 2.20. The quantitative estimate of drug-likeness (QED) is 0.135. The van der Waals surface area contributed by atoms with Gasteiger partial charge in [-0.3, -0.25) is 0 Å². The minimum Gasteiger partial charge on any atom is -0.0885 e. The third kappa shape index (κ3) is 20.5. The Morgan fingerprint density at radius 1 is 0.500 bits per heavy atom. The van der Waals surface area contributed by atoms with Crippen LogP contribution in [0.15, 0.2) is 12.2 Å². The Labute approximate surface area is 180 Å². The monoisotopic (exact) mass is 390 g/mol. The van der Waals surface area contributed by atoms with Gasteiger partial charge < -0.3 is 0 Å². The lowest BCUT2D eigenvalue weighted by Gasteiger charge is -2.14. The molecule has 0 fully saturated rings. The van der Waals surface area contributed by atoms with Gasteiger partial charge in [0.1, 0.15) is 0 Å². The molecule has 0 aliphatic carbocycles. The van der Waals surface area contributed by atoms with E-state index in [2.05, 4.69) is 46.8 Å². The van der Waals surface area contributed by atoms with E-state index in [9.17, 15) is 0 Å². The molecule has 0 amide bonds. The fourth-order valence-corrected chi connectivity index (χ4v) is 4.05. The van der Waals surface area contributed by atoms with Crippen molar-refractivity contribution in [1.82, 2.24) is 0 Å². The zero-order chi connectivity index (χ0) is 20.9. The second-order valence-electron chi connectivity index (χ2n) is 9.64. The van der Waals surface area contributed by atoms with Crippen molar-refractivity contribution in [3.63, 3.8) is 0 Å². The van der Waals surface area contributed by atoms with Crippen molar-refractivity contribution in [3.05, 3.63) is 26.0 Å². The van der Waals surface area contributed by atoms with E-state index in [1.165, 1.54) is 103 Å². The van der Waals surface area contributed by atoms with Crippen LogP contribution in [0, 0.1) is 31.6 Å². The molecular weight excluding hydrogens is 336 g/mol. The average molecular weight is 391 g/mol. The normalized spacial score (nSPS) is 15.2. The van der Waals surface area contributed by atoms with Crippen LogP contribution in [-0.4, -0.2) is 0 Å². The van der Waals surface area contributed by atoms with Crippen molar-refractivity contribution in [1.29, 1.82) is 0 Å². The van der Waals surface area contributed by atoms with E-state index >= 15 is 0 Å². The number of hydrogen-bond donors (Lipinski definition) is 0. The van der Waals surface area contributed by atoms with E-state index in [1.54, 1.807) is 0 Å². The molecule has 0 heterocycles. The van der Waals surface area contributed by atoms with Gasteiger partial charge in [-0.05, 0) is 37.0 Å². The van der Waals surface area contributed by atoms with Gasteiger partial charge >= 0.3 is 0 Å². The second kappa shape index (κ2) is 21.4. The van der Waals surface area contributed by atoms with Gasteiger partial charge in [-0.1, -0.05) is 143 Å². The molecule has 0 N–H and O–H groups in total. The number of hydrogen-bond acceptors (Lipinski definition) is 0. The maximum absolute atomic E-state index is 3.95. The molecule has 0 spiro atoms. The number of rotatable bonds is 21. The molecule has 3 atom stereocenters. The van der Waals surface area contributed by atoms with Crippen LogP contribution in [0.5, 0.6) is 0 Å².